The molecule has 1 fully saturated rings. The predicted molar refractivity (Wildman–Crippen MR) is 93.4 cm³/mol. The average molecular weight is 326 g/mol. The van der Waals surface area contributed by atoms with Crippen molar-refractivity contribution in [2.45, 2.75) is 19.4 Å². The molecule has 0 aliphatic carbocycles. The Morgan fingerprint density at radius 3 is 2.42 bits per heavy atom. The van der Waals surface area contributed by atoms with Gasteiger partial charge < -0.3 is 4.90 Å². The Hall–Kier alpha value is -2.20. The summed E-state index contributed by atoms with van der Waals surface area (Å²) in [6, 6.07) is 16.4. The van der Waals surface area contributed by atoms with Crippen LogP contribution in [0.3, 0.4) is 0 Å². The van der Waals surface area contributed by atoms with Gasteiger partial charge in [-0.1, -0.05) is 36.4 Å². The lowest BCUT2D eigenvalue weighted by molar-refractivity contribution is 0.0758. The second kappa shape index (κ2) is 7.58. The van der Waals surface area contributed by atoms with E-state index in [0.29, 0.717) is 6.54 Å². The van der Waals surface area contributed by atoms with Gasteiger partial charge in [-0.3, -0.25) is 9.69 Å². The molecule has 0 radical (unpaired) electrons. The van der Waals surface area contributed by atoms with E-state index in [1.54, 1.807) is 6.07 Å². The van der Waals surface area contributed by atoms with Crippen LogP contribution in [0, 0.1) is 5.82 Å². The van der Waals surface area contributed by atoms with Crippen LogP contribution < -0.4 is 0 Å². The van der Waals surface area contributed by atoms with Gasteiger partial charge in [0.2, 0.25) is 0 Å². The first-order valence-corrected chi connectivity index (χ1v) is 8.49. The highest BCUT2D eigenvalue weighted by atomic mass is 19.1. The maximum Gasteiger partial charge on any atom is 0.253 e. The zero-order valence-corrected chi connectivity index (χ0v) is 14.0. The van der Waals surface area contributed by atoms with Crippen LogP contribution in [0.5, 0.6) is 0 Å². The number of benzene rings is 2. The summed E-state index contributed by atoms with van der Waals surface area (Å²) in [5, 5.41) is 0. The van der Waals surface area contributed by atoms with E-state index >= 15 is 0 Å². The maximum absolute atomic E-state index is 14.0. The van der Waals surface area contributed by atoms with E-state index < -0.39 is 0 Å². The Morgan fingerprint density at radius 2 is 1.67 bits per heavy atom. The number of amides is 1. The quantitative estimate of drug-likeness (QED) is 0.858. The molecule has 2 aromatic rings. The summed E-state index contributed by atoms with van der Waals surface area (Å²) in [5.41, 5.74) is 1.45. The highest BCUT2D eigenvalue weighted by molar-refractivity contribution is 5.94. The lowest BCUT2D eigenvalue weighted by Gasteiger charge is -2.28. The van der Waals surface area contributed by atoms with Gasteiger partial charge in [0.1, 0.15) is 5.82 Å². The summed E-state index contributed by atoms with van der Waals surface area (Å²) in [5.74, 6) is -0.0811. The van der Waals surface area contributed by atoms with Crippen molar-refractivity contribution in [3.8, 4) is 0 Å². The molecule has 0 aromatic heterocycles. The number of carbonyl (C=O) groups is 1. The normalized spacial score (nSPS) is 17.3. The molecule has 2 aromatic carbocycles. The molecular weight excluding hydrogens is 303 g/mol. The molecule has 0 N–H and O–H groups in total. The van der Waals surface area contributed by atoms with E-state index in [1.165, 1.54) is 6.07 Å². The lowest BCUT2D eigenvalue weighted by atomic mass is 10.1. The van der Waals surface area contributed by atoms with E-state index in [-0.39, 0.29) is 17.8 Å². The van der Waals surface area contributed by atoms with Crippen molar-refractivity contribution in [3.63, 3.8) is 0 Å². The second-order valence-electron chi connectivity index (χ2n) is 6.25. The third kappa shape index (κ3) is 3.65. The minimum atomic E-state index is -0.161. The molecule has 0 bridgehead atoms. The van der Waals surface area contributed by atoms with Crippen molar-refractivity contribution in [1.82, 2.24) is 9.80 Å². The summed E-state index contributed by atoms with van der Waals surface area (Å²) < 4.78 is 14.0. The fraction of sp³-hybridized carbons (Fsp3) is 0.350. The Labute approximate surface area is 142 Å². The first-order valence-electron chi connectivity index (χ1n) is 8.49. The van der Waals surface area contributed by atoms with Gasteiger partial charge in [0, 0.05) is 43.3 Å². The van der Waals surface area contributed by atoms with Crippen LogP contribution in [0.4, 0.5) is 4.39 Å². The highest BCUT2D eigenvalue weighted by Crippen LogP contribution is 2.24. The zero-order chi connectivity index (χ0) is 16.9. The van der Waals surface area contributed by atoms with E-state index in [1.807, 2.05) is 54.3 Å². The van der Waals surface area contributed by atoms with E-state index in [2.05, 4.69) is 4.90 Å². The first kappa shape index (κ1) is 16.7. The molecule has 1 aliphatic heterocycles. The Balaban J connectivity index is 1.67. The first-order chi connectivity index (χ1) is 11.7. The van der Waals surface area contributed by atoms with Crippen LogP contribution in [0.2, 0.25) is 0 Å². The molecule has 0 spiro atoms. The number of rotatable bonds is 3. The molecule has 0 saturated carbocycles. The average Bonchev–Trinajstić information content (AvgIpc) is 2.88. The second-order valence-corrected chi connectivity index (χ2v) is 6.25. The van der Waals surface area contributed by atoms with Crippen molar-refractivity contribution in [2.75, 3.05) is 26.2 Å². The minimum Gasteiger partial charge on any atom is -0.337 e. The molecule has 1 saturated heterocycles. The lowest BCUT2D eigenvalue weighted by Crippen LogP contribution is -2.36. The zero-order valence-electron chi connectivity index (χ0n) is 14.0. The number of halogens is 1. The monoisotopic (exact) mass is 326 g/mol. The van der Waals surface area contributed by atoms with Crippen LogP contribution in [0.25, 0.3) is 0 Å². The molecule has 3 rings (SSSR count). The van der Waals surface area contributed by atoms with E-state index in [4.69, 9.17) is 0 Å². The Bertz CT molecular complexity index is 689. The number of carbonyl (C=O) groups excluding carboxylic acids is 1. The molecule has 1 amide bonds. The van der Waals surface area contributed by atoms with Crippen molar-refractivity contribution in [1.29, 1.82) is 0 Å². The molecule has 1 unspecified atom stereocenters. The molecule has 1 heterocycles. The summed E-state index contributed by atoms with van der Waals surface area (Å²) in [6.07, 6.45) is 0.900. The van der Waals surface area contributed by atoms with Crippen molar-refractivity contribution in [2.24, 2.45) is 0 Å². The van der Waals surface area contributed by atoms with Gasteiger partial charge in [0.15, 0.2) is 0 Å². The van der Waals surface area contributed by atoms with Crippen LogP contribution in [-0.4, -0.2) is 41.9 Å². The summed E-state index contributed by atoms with van der Waals surface area (Å²) in [7, 11) is 0. The fourth-order valence-corrected chi connectivity index (χ4v) is 3.30. The van der Waals surface area contributed by atoms with E-state index in [0.717, 1.165) is 37.2 Å². The molecule has 1 atom stereocenters. The number of nitrogens with zero attached hydrogens (tertiary/aromatic N) is 2. The molecule has 126 valence electrons. The van der Waals surface area contributed by atoms with Gasteiger partial charge in [-0.25, -0.2) is 4.39 Å². The van der Waals surface area contributed by atoms with Crippen molar-refractivity contribution >= 4 is 5.91 Å². The summed E-state index contributed by atoms with van der Waals surface area (Å²) in [4.78, 5) is 16.8. The van der Waals surface area contributed by atoms with E-state index in [9.17, 15) is 9.18 Å². The Morgan fingerprint density at radius 1 is 0.958 bits per heavy atom. The third-order valence-electron chi connectivity index (χ3n) is 4.74. The van der Waals surface area contributed by atoms with Gasteiger partial charge in [0.25, 0.3) is 5.91 Å². The van der Waals surface area contributed by atoms with Gasteiger partial charge in [-0.2, -0.15) is 0 Å². The smallest absolute Gasteiger partial charge is 0.253 e. The standard InChI is InChI=1S/C20H23FN2O/c1-16(18-10-5-6-11-19(18)21)22-12-7-13-23(15-14-22)20(24)17-8-3-2-4-9-17/h2-6,8-11,16H,7,12-15H2,1H3. The number of hydrogen-bond acceptors (Lipinski definition) is 2. The topological polar surface area (TPSA) is 23.6 Å². The third-order valence-corrected chi connectivity index (χ3v) is 4.74. The SMILES string of the molecule is CC(c1ccccc1F)N1CCCN(C(=O)c2ccccc2)CC1. The number of hydrogen-bond donors (Lipinski definition) is 0. The summed E-state index contributed by atoms with van der Waals surface area (Å²) >= 11 is 0. The molecule has 3 nitrogen and oxygen atoms in total. The molecule has 4 heteroatoms. The molecule has 1 aliphatic rings. The fourth-order valence-electron chi connectivity index (χ4n) is 3.30. The maximum atomic E-state index is 14.0. The van der Waals surface area contributed by atoms with Gasteiger partial charge >= 0.3 is 0 Å². The van der Waals surface area contributed by atoms with Gasteiger partial charge in [0.05, 0.1) is 0 Å². The summed E-state index contributed by atoms with van der Waals surface area (Å²) in [6.45, 7) is 5.08. The van der Waals surface area contributed by atoms with Crippen molar-refractivity contribution < 1.29 is 9.18 Å². The molecule has 24 heavy (non-hydrogen) atoms. The van der Waals surface area contributed by atoms with Crippen LogP contribution in [0.1, 0.15) is 35.3 Å². The van der Waals surface area contributed by atoms with Crippen LogP contribution >= 0.6 is 0 Å². The Kier molecular flexibility index (Phi) is 5.26. The van der Waals surface area contributed by atoms with Crippen molar-refractivity contribution in [3.05, 3.63) is 71.5 Å². The predicted octanol–water partition coefficient (Wildman–Crippen LogP) is 3.73. The minimum absolute atomic E-state index is 0.0120. The van der Waals surface area contributed by atoms with Gasteiger partial charge in [-0.15, -0.1) is 0 Å². The van der Waals surface area contributed by atoms with Crippen LogP contribution in [-0.2, 0) is 0 Å². The highest BCUT2D eigenvalue weighted by Gasteiger charge is 2.24. The molecular formula is C20H23FN2O. The van der Waals surface area contributed by atoms with Crippen LogP contribution in [0.15, 0.2) is 54.6 Å². The van der Waals surface area contributed by atoms with Gasteiger partial charge in [-0.05, 0) is 31.5 Å². The largest absolute Gasteiger partial charge is 0.337 e.